The molecule has 1 saturated carbocycles. The van der Waals surface area contributed by atoms with Crippen molar-refractivity contribution < 1.29 is 24.1 Å². The number of allylic oxidation sites excluding steroid dienone is 3. The molecule has 0 saturated heterocycles. The van der Waals surface area contributed by atoms with Gasteiger partial charge < -0.3 is 0 Å². The van der Waals surface area contributed by atoms with Crippen LogP contribution in [-0.2, 0) is 26.4 Å². The number of aromatic nitrogens is 2. The summed E-state index contributed by atoms with van der Waals surface area (Å²) in [7, 11) is 3.86. The maximum absolute atomic E-state index is 13.6. The average molecular weight is 539 g/mol. The van der Waals surface area contributed by atoms with E-state index >= 15 is 0 Å². The van der Waals surface area contributed by atoms with Crippen LogP contribution in [0.3, 0.4) is 0 Å². The van der Waals surface area contributed by atoms with Crippen molar-refractivity contribution in [2.75, 3.05) is 7.05 Å². The molecule has 0 spiro atoms. The Morgan fingerprint density at radius 3 is 2.56 bits per heavy atom. The zero-order chi connectivity index (χ0) is 20.7. The Kier molecular flexibility index (Phi) is 6.21. The number of nitrogens with zero attached hydrogens (tertiary/aromatic N) is 3. The molecule has 1 aliphatic carbocycles. The first-order valence-electron chi connectivity index (χ1n) is 9.58. The van der Waals surface area contributed by atoms with Crippen LogP contribution < -0.4 is 0 Å². The molecule has 1 atom stereocenters. The molecule has 1 unspecified atom stereocenters. The van der Waals surface area contributed by atoms with E-state index in [1.165, 1.54) is 28.8 Å². The van der Waals surface area contributed by atoms with Crippen molar-refractivity contribution in [3.8, 4) is 0 Å². The quantitative estimate of drug-likeness (QED) is 0.559. The Labute approximate surface area is 175 Å². The molecule has 1 fully saturated rings. The molecule has 1 aliphatic rings. The molecule has 1 aromatic rings. The number of aryl methyl sites for hydroxylation is 1. The summed E-state index contributed by atoms with van der Waals surface area (Å²) < 4.78 is 3.27. The third kappa shape index (κ3) is 3.46. The second-order valence-corrected chi connectivity index (χ2v) is 10.1. The molecule has 148 valence electrons. The van der Waals surface area contributed by atoms with Crippen LogP contribution in [0.25, 0.3) is 0 Å². The van der Waals surface area contributed by atoms with E-state index in [9.17, 15) is 4.79 Å². The molecule has 5 heteroatoms. The van der Waals surface area contributed by atoms with E-state index in [2.05, 4.69) is 52.4 Å². The maximum atomic E-state index is 13.6. The van der Waals surface area contributed by atoms with Crippen LogP contribution in [0.2, 0.25) is 0 Å². The van der Waals surface area contributed by atoms with E-state index in [0.29, 0.717) is 0 Å². The predicted molar refractivity (Wildman–Crippen MR) is 109 cm³/mol. The minimum atomic E-state index is -0.311. The zero-order valence-corrected chi connectivity index (χ0v) is 20.9. The molecule has 1 aromatic heterocycles. The number of amides is 1. The summed E-state index contributed by atoms with van der Waals surface area (Å²) in [6, 6.07) is 0. The Morgan fingerprint density at radius 2 is 2.04 bits per heavy atom. The van der Waals surface area contributed by atoms with E-state index in [-0.39, 0.29) is 22.8 Å². The second kappa shape index (κ2) is 7.62. The molecule has 1 amide bonds. The Morgan fingerprint density at radius 1 is 1.44 bits per heavy atom. The van der Waals surface area contributed by atoms with Gasteiger partial charge in [0.25, 0.3) is 0 Å². The van der Waals surface area contributed by atoms with Crippen LogP contribution in [0.4, 0.5) is 0 Å². The van der Waals surface area contributed by atoms with Crippen LogP contribution >= 0.6 is 0 Å². The van der Waals surface area contributed by atoms with Gasteiger partial charge in [0.2, 0.25) is 0 Å². The van der Waals surface area contributed by atoms with Gasteiger partial charge in [-0.2, -0.15) is 0 Å². The topological polar surface area (TPSA) is 38.1 Å². The Hall–Kier alpha value is -1.28. The van der Waals surface area contributed by atoms with Crippen molar-refractivity contribution >= 4 is 9.81 Å². The number of hydrogen-bond acceptors (Lipinski definition) is 2. The molecule has 0 aromatic carbocycles. The predicted octanol–water partition coefficient (Wildman–Crippen LogP) is 4.33. The Balaban J connectivity index is 2.46. The van der Waals surface area contributed by atoms with Crippen LogP contribution in [0, 0.1) is 12.3 Å². The number of carbonyl (C=O) groups is 1. The van der Waals surface area contributed by atoms with Crippen LogP contribution in [0.15, 0.2) is 24.3 Å². The molecule has 0 aliphatic heterocycles. The van der Waals surface area contributed by atoms with Gasteiger partial charge in [0, 0.05) is 0 Å². The first-order valence-corrected chi connectivity index (χ1v) is 11.0. The third-order valence-electron chi connectivity index (χ3n) is 6.62. The molecular formula is C22H33N3OW. The molecule has 4 nitrogen and oxygen atoms in total. The summed E-state index contributed by atoms with van der Waals surface area (Å²) in [5, 5.41) is 4.61. The fourth-order valence-electron chi connectivity index (χ4n) is 3.95. The van der Waals surface area contributed by atoms with Gasteiger partial charge in [-0.05, 0) is 0 Å². The van der Waals surface area contributed by atoms with E-state index in [1.807, 2.05) is 36.7 Å². The van der Waals surface area contributed by atoms with E-state index in [4.69, 9.17) is 0 Å². The first-order chi connectivity index (χ1) is 12.4. The van der Waals surface area contributed by atoms with Gasteiger partial charge in [0.1, 0.15) is 0 Å². The van der Waals surface area contributed by atoms with Crippen LogP contribution in [0.5, 0.6) is 0 Å². The van der Waals surface area contributed by atoms with Crippen LogP contribution in [0.1, 0.15) is 75.1 Å². The van der Waals surface area contributed by atoms with Crippen LogP contribution in [-0.4, -0.2) is 37.1 Å². The van der Waals surface area contributed by atoms with Crippen molar-refractivity contribution in [2.45, 2.75) is 65.8 Å². The van der Waals surface area contributed by atoms with Gasteiger partial charge in [-0.25, -0.2) is 0 Å². The standard InChI is InChI=1S/C22H33N3O.W/c1-10-11-17-12-13-22(7,14-17)21(5,6)24(8)20(26)18-16(4)25(9)23-19(18)15(2)3;/h10-11,15H,1,12-13H2,2-9H3;. The number of carbonyl (C=O) groups excluding carboxylic acids is 1. The Bertz CT molecular complexity index is 816. The fraction of sp³-hybridized carbons (Fsp3) is 0.591. The van der Waals surface area contributed by atoms with E-state index < -0.39 is 0 Å². The molecule has 27 heavy (non-hydrogen) atoms. The zero-order valence-electron chi connectivity index (χ0n) is 18.0. The average Bonchev–Trinajstić information content (AvgIpc) is 3.06. The van der Waals surface area contributed by atoms with Gasteiger partial charge in [-0.3, -0.25) is 0 Å². The van der Waals surface area contributed by atoms with Gasteiger partial charge >= 0.3 is 175 Å². The second-order valence-electron chi connectivity index (χ2n) is 8.64. The van der Waals surface area contributed by atoms with Gasteiger partial charge in [-0.1, -0.05) is 0 Å². The molecule has 2 rings (SSSR count). The van der Waals surface area contributed by atoms with Crippen molar-refractivity contribution in [3.63, 3.8) is 0 Å². The summed E-state index contributed by atoms with van der Waals surface area (Å²) in [4.78, 5) is 15.6. The minimum absolute atomic E-state index is 0.0459. The summed E-state index contributed by atoms with van der Waals surface area (Å²) in [6.45, 7) is 16.7. The van der Waals surface area contributed by atoms with E-state index in [0.717, 1.165) is 29.8 Å². The summed E-state index contributed by atoms with van der Waals surface area (Å²) in [5.41, 5.74) is 3.61. The monoisotopic (exact) mass is 539 g/mol. The number of rotatable bonds is 5. The fourth-order valence-corrected chi connectivity index (χ4v) is 5.82. The normalized spacial score (nSPS) is 22.0. The molecule has 0 radical (unpaired) electrons. The van der Waals surface area contributed by atoms with Crippen molar-refractivity contribution in [1.29, 1.82) is 0 Å². The van der Waals surface area contributed by atoms with Gasteiger partial charge in [-0.15, -0.1) is 0 Å². The molecule has 0 bridgehead atoms. The summed E-state index contributed by atoms with van der Waals surface area (Å²) >= 11 is 1.48. The van der Waals surface area contributed by atoms with E-state index in [1.54, 1.807) is 0 Å². The van der Waals surface area contributed by atoms with Crippen molar-refractivity contribution in [3.05, 3.63) is 41.3 Å². The molecule has 0 N–H and O–H groups in total. The third-order valence-corrected chi connectivity index (χ3v) is 9.18. The van der Waals surface area contributed by atoms with Crippen molar-refractivity contribution in [1.82, 2.24) is 14.7 Å². The SMILES string of the molecule is C=CC=C1CCC(C)(C(C)(C)N(C)C(=O)c2c(C(C)C)nn(C)c2C)[C]1=[W]. The number of hydrogen-bond donors (Lipinski definition) is 0. The van der Waals surface area contributed by atoms with Gasteiger partial charge in [0.05, 0.1) is 0 Å². The first kappa shape index (κ1) is 22.0. The van der Waals surface area contributed by atoms with Gasteiger partial charge in [0.15, 0.2) is 0 Å². The molecule has 1 heterocycles. The van der Waals surface area contributed by atoms with Crippen molar-refractivity contribution in [2.24, 2.45) is 12.5 Å². The summed E-state index contributed by atoms with van der Waals surface area (Å²) in [6.07, 6.45) is 6.11. The molecular weight excluding hydrogens is 506 g/mol. The summed E-state index contributed by atoms with van der Waals surface area (Å²) in [5.74, 6) is 0.279.